The van der Waals surface area contributed by atoms with Crippen LogP contribution in [0.15, 0.2) is 73.1 Å². The number of fused-ring (bicyclic) bond motifs is 1. The van der Waals surface area contributed by atoms with Crippen LogP contribution in [-0.4, -0.2) is 57.3 Å². The molecule has 202 valence electrons. The number of anilines is 2. The molecule has 0 saturated carbocycles. The summed E-state index contributed by atoms with van der Waals surface area (Å²) in [7, 11) is 0. The predicted octanol–water partition coefficient (Wildman–Crippen LogP) is 4.79. The first-order valence-corrected chi connectivity index (χ1v) is 13.1. The predicted molar refractivity (Wildman–Crippen MR) is 153 cm³/mol. The highest BCUT2D eigenvalue weighted by molar-refractivity contribution is 6.04. The number of nitrogens with two attached hydrogens (primary N) is 1. The maximum atomic E-state index is 12.9. The van der Waals surface area contributed by atoms with Crippen molar-refractivity contribution in [1.29, 1.82) is 0 Å². The van der Waals surface area contributed by atoms with Crippen molar-refractivity contribution >= 4 is 28.4 Å². The summed E-state index contributed by atoms with van der Waals surface area (Å²) in [5.41, 5.74) is 11.6. The van der Waals surface area contributed by atoms with Gasteiger partial charge in [-0.1, -0.05) is 18.2 Å². The normalized spacial score (nSPS) is 13.8. The van der Waals surface area contributed by atoms with Crippen LogP contribution in [0.3, 0.4) is 0 Å². The Morgan fingerprint density at radius 1 is 1.05 bits per heavy atom. The Balaban J connectivity index is 1.12. The lowest BCUT2D eigenvalue weighted by atomic mass is 10.1. The van der Waals surface area contributed by atoms with E-state index in [9.17, 15) is 4.79 Å². The Morgan fingerprint density at radius 3 is 2.60 bits per heavy atom. The summed E-state index contributed by atoms with van der Waals surface area (Å²) in [5, 5.41) is 10.9. The number of nitrogen functional groups attached to an aromatic ring is 1. The number of hydrogen-bond acceptors (Lipinski definition) is 8. The van der Waals surface area contributed by atoms with Gasteiger partial charge in [-0.05, 0) is 60.5 Å². The molecule has 3 aromatic carbocycles. The standard InChI is InChI=1S/C30H29N7O3/c1-19-2-9-23(34-30(38)22-5-3-20(4-6-22)17-37-12-14-39-15-13-37)16-25(19)40-24-10-7-21(8-11-24)27-26-28(31)32-18-33-29(26)36-35-27/h2-11,16,18H,12-15,17H2,1H3,(H,34,38)(H3,31,32,33,35,36). The van der Waals surface area contributed by atoms with Crippen LogP contribution < -0.4 is 15.8 Å². The van der Waals surface area contributed by atoms with Crippen molar-refractivity contribution in [3.63, 3.8) is 0 Å². The monoisotopic (exact) mass is 535 g/mol. The smallest absolute Gasteiger partial charge is 0.255 e. The van der Waals surface area contributed by atoms with E-state index in [2.05, 4.69) is 30.4 Å². The zero-order chi connectivity index (χ0) is 27.5. The van der Waals surface area contributed by atoms with Crippen molar-refractivity contribution in [1.82, 2.24) is 25.1 Å². The summed E-state index contributed by atoms with van der Waals surface area (Å²) in [4.78, 5) is 23.5. The molecule has 10 heteroatoms. The number of rotatable bonds is 7. The van der Waals surface area contributed by atoms with E-state index in [1.165, 1.54) is 11.9 Å². The maximum Gasteiger partial charge on any atom is 0.255 e. The number of nitrogens with one attached hydrogen (secondary N) is 2. The fraction of sp³-hybridized carbons (Fsp3) is 0.200. The van der Waals surface area contributed by atoms with Crippen LogP contribution in [0, 0.1) is 6.92 Å². The Labute approximate surface area is 231 Å². The Bertz CT molecular complexity index is 1640. The van der Waals surface area contributed by atoms with Crippen LogP contribution >= 0.6 is 0 Å². The number of morpholine rings is 1. The van der Waals surface area contributed by atoms with E-state index in [1.54, 1.807) is 0 Å². The van der Waals surface area contributed by atoms with Crippen LogP contribution in [0.5, 0.6) is 11.5 Å². The summed E-state index contributed by atoms with van der Waals surface area (Å²) < 4.78 is 11.6. The number of carbonyl (C=O) groups excluding carboxylic acids is 1. The fourth-order valence-electron chi connectivity index (χ4n) is 4.67. The average molecular weight is 536 g/mol. The highest BCUT2D eigenvalue weighted by Gasteiger charge is 2.14. The van der Waals surface area contributed by atoms with Gasteiger partial charge in [0.05, 0.1) is 24.3 Å². The number of benzene rings is 3. The zero-order valence-corrected chi connectivity index (χ0v) is 22.1. The third kappa shape index (κ3) is 5.49. The molecule has 5 aromatic rings. The molecule has 1 aliphatic heterocycles. The Hall–Kier alpha value is -4.80. The lowest BCUT2D eigenvalue weighted by Gasteiger charge is -2.26. The Kier molecular flexibility index (Phi) is 7.09. The minimum absolute atomic E-state index is 0.174. The lowest BCUT2D eigenvalue weighted by Crippen LogP contribution is -2.35. The quantitative estimate of drug-likeness (QED) is 0.271. The molecule has 0 unspecified atom stereocenters. The van der Waals surface area contributed by atoms with Gasteiger partial charge in [-0.25, -0.2) is 9.97 Å². The number of nitrogens with zero attached hydrogens (tertiary/aromatic N) is 4. The van der Waals surface area contributed by atoms with Crippen molar-refractivity contribution in [3.8, 4) is 22.8 Å². The molecule has 0 aliphatic carbocycles. The SMILES string of the molecule is Cc1ccc(NC(=O)c2ccc(CN3CCOCC3)cc2)cc1Oc1ccc(-c2[nH]nc3ncnc(N)c23)cc1. The Morgan fingerprint density at radius 2 is 1.82 bits per heavy atom. The molecule has 40 heavy (non-hydrogen) atoms. The molecule has 0 spiro atoms. The van der Waals surface area contributed by atoms with Crippen LogP contribution in [0.1, 0.15) is 21.5 Å². The van der Waals surface area contributed by atoms with E-state index >= 15 is 0 Å². The molecule has 6 rings (SSSR count). The van der Waals surface area contributed by atoms with Crippen LogP contribution in [-0.2, 0) is 11.3 Å². The van der Waals surface area contributed by atoms with Crippen LogP contribution in [0.4, 0.5) is 11.5 Å². The van der Waals surface area contributed by atoms with Crippen molar-refractivity contribution in [3.05, 3.63) is 89.7 Å². The molecular formula is C30H29N7O3. The maximum absolute atomic E-state index is 12.9. The fourth-order valence-corrected chi connectivity index (χ4v) is 4.67. The van der Waals surface area contributed by atoms with E-state index in [0.717, 1.165) is 49.7 Å². The number of aromatic nitrogens is 4. The molecule has 4 N–H and O–H groups in total. The lowest BCUT2D eigenvalue weighted by molar-refractivity contribution is 0.0342. The number of aryl methyl sites for hydroxylation is 1. The highest BCUT2D eigenvalue weighted by Crippen LogP contribution is 2.32. The number of carbonyl (C=O) groups is 1. The van der Waals surface area contributed by atoms with Gasteiger partial charge < -0.3 is 20.5 Å². The van der Waals surface area contributed by atoms with Crippen molar-refractivity contribution in [2.75, 3.05) is 37.4 Å². The second-order valence-electron chi connectivity index (χ2n) is 9.70. The summed E-state index contributed by atoms with van der Waals surface area (Å²) in [6.45, 7) is 6.20. The number of H-pyrrole nitrogens is 1. The number of aromatic amines is 1. The van der Waals surface area contributed by atoms with E-state index in [-0.39, 0.29) is 5.91 Å². The van der Waals surface area contributed by atoms with Crippen molar-refractivity contribution < 1.29 is 14.3 Å². The van der Waals surface area contributed by atoms with Crippen LogP contribution in [0.2, 0.25) is 0 Å². The minimum Gasteiger partial charge on any atom is -0.457 e. The van der Waals surface area contributed by atoms with Crippen molar-refractivity contribution in [2.24, 2.45) is 0 Å². The van der Waals surface area contributed by atoms with Gasteiger partial charge in [-0.15, -0.1) is 0 Å². The molecule has 0 bridgehead atoms. The highest BCUT2D eigenvalue weighted by atomic mass is 16.5. The number of amides is 1. The molecule has 1 amide bonds. The first kappa shape index (κ1) is 25.5. The van der Waals surface area contributed by atoms with Gasteiger partial charge in [0.1, 0.15) is 23.6 Å². The second kappa shape index (κ2) is 11.1. The minimum atomic E-state index is -0.174. The first-order chi connectivity index (χ1) is 19.5. The molecular weight excluding hydrogens is 506 g/mol. The van der Waals surface area contributed by atoms with E-state index in [1.807, 2.05) is 73.7 Å². The third-order valence-electron chi connectivity index (χ3n) is 6.92. The molecule has 1 aliphatic rings. The van der Waals surface area contributed by atoms with Gasteiger partial charge in [-0.2, -0.15) is 5.10 Å². The van der Waals surface area contributed by atoms with Gasteiger partial charge in [-0.3, -0.25) is 14.8 Å². The average Bonchev–Trinajstić information content (AvgIpc) is 3.42. The molecule has 0 atom stereocenters. The number of hydrogen-bond donors (Lipinski definition) is 3. The van der Waals surface area contributed by atoms with E-state index < -0.39 is 0 Å². The van der Waals surface area contributed by atoms with Gasteiger partial charge in [0.2, 0.25) is 0 Å². The van der Waals surface area contributed by atoms with Gasteiger partial charge in [0.15, 0.2) is 5.65 Å². The largest absolute Gasteiger partial charge is 0.457 e. The van der Waals surface area contributed by atoms with E-state index in [0.29, 0.717) is 39.6 Å². The number of ether oxygens (including phenoxy) is 2. The molecule has 1 saturated heterocycles. The second-order valence-corrected chi connectivity index (χ2v) is 9.70. The molecule has 10 nitrogen and oxygen atoms in total. The van der Waals surface area contributed by atoms with Gasteiger partial charge in [0, 0.05) is 42.5 Å². The summed E-state index contributed by atoms with van der Waals surface area (Å²) in [5.74, 6) is 1.50. The first-order valence-electron chi connectivity index (χ1n) is 13.1. The molecule has 0 radical (unpaired) electrons. The molecule has 3 heterocycles. The topological polar surface area (TPSA) is 131 Å². The summed E-state index contributed by atoms with van der Waals surface area (Å²) in [6.07, 6.45) is 1.39. The van der Waals surface area contributed by atoms with Gasteiger partial charge in [0.25, 0.3) is 5.91 Å². The summed E-state index contributed by atoms with van der Waals surface area (Å²) in [6, 6.07) is 20.9. The third-order valence-corrected chi connectivity index (χ3v) is 6.92. The van der Waals surface area contributed by atoms with E-state index in [4.69, 9.17) is 15.2 Å². The van der Waals surface area contributed by atoms with Crippen LogP contribution in [0.25, 0.3) is 22.3 Å². The summed E-state index contributed by atoms with van der Waals surface area (Å²) >= 11 is 0. The van der Waals surface area contributed by atoms with Gasteiger partial charge >= 0.3 is 0 Å². The zero-order valence-electron chi connectivity index (χ0n) is 22.1. The molecule has 1 fully saturated rings. The molecule has 2 aromatic heterocycles. The van der Waals surface area contributed by atoms with Crippen molar-refractivity contribution in [2.45, 2.75) is 13.5 Å².